The van der Waals surface area contributed by atoms with E-state index in [1.807, 2.05) is 32.9 Å². The highest BCUT2D eigenvalue weighted by molar-refractivity contribution is 6.53. The van der Waals surface area contributed by atoms with Gasteiger partial charge in [-0.2, -0.15) is 0 Å². The molecule has 1 aliphatic rings. The zero-order valence-corrected chi connectivity index (χ0v) is 14.2. The van der Waals surface area contributed by atoms with Crippen molar-refractivity contribution in [1.29, 1.82) is 0 Å². The second-order valence-corrected chi connectivity index (χ2v) is 6.55. The first-order chi connectivity index (χ1) is 9.41. The van der Waals surface area contributed by atoms with Gasteiger partial charge in [0.1, 0.15) is 4.33 Å². The average molecular weight is 337 g/mol. The first-order valence-corrected chi connectivity index (χ1v) is 7.95. The van der Waals surface area contributed by atoms with Crippen LogP contribution in [0.25, 0.3) is 0 Å². The van der Waals surface area contributed by atoms with Crippen molar-refractivity contribution in [2.24, 2.45) is 5.41 Å². The van der Waals surface area contributed by atoms with E-state index >= 15 is 0 Å². The summed E-state index contributed by atoms with van der Waals surface area (Å²) < 4.78 is -0.911. The zero-order chi connectivity index (χ0) is 15.4. The molecule has 1 saturated carbocycles. The molecule has 0 saturated heterocycles. The van der Waals surface area contributed by atoms with Crippen molar-refractivity contribution >= 4 is 40.7 Å². The fourth-order valence-electron chi connectivity index (χ4n) is 2.08. The van der Waals surface area contributed by atoms with Crippen LogP contribution in [-0.4, -0.2) is 10.2 Å². The first kappa shape index (κ1) is 17.6. The topological polar surface area (TPSA) is 29.1 Å². The van der Waals surface area contributed by atoms with Crippen LogP contribution in [0.2, 0.25) is 5.02 Å². The van der Waals surface area contributed by atoms with Crippen molar-refractivity contribution in [1.82, 2.24) is 5.32 Å². The summed E-state index contributed by atoms with van der Waals surface area (Å²) in [5.41, 5.74) is 0.372. The summed E-state index contributed by atoms with van der Waals surface area (Å²) in [5.74, 6) is -0.0787. The number of carbonyl (C=O) groups excluding carboxylic acids is 1. The molecule has 1 amide bonds. The Hall–Kier alpha value is -0.440. The van der Waals surface area contributed by atoms with Gasteiger partial charge in [-0.1, -0.05) is 44.5 Å². The minimum Gasteiger partial charge on any atom is -0.351 e. The molecule has 0 spiro atoms. The molecule has 1 aromatic rings. The Bertz CT molecular complexity index is 459. The molecule has 5 heteroatoms. The lowest BCUT2D eigenvalue weighted by molar-refractivity contribution is -0.126. The number of rotatable bonds is 4. The fourth-order valence-corrected chi connectivity index (χ4v) is 3.10. The second kappa shape index (κ2) is 7.02. The van der Waals surface area contributed by atoms with Crippen LogP contribution >= 0.6 is 34.8 Å². The fraction of sp³-hybridized carbons (Fsp3) is 0.533. The number of halogens is 3. The smallest absolute Gasteiger partial charge is 0.229 e. The molecule has 1 N–H and O–H groups in total. The third-order valence-corrected chi connectivity index (χ3v) is 4.75. The summed E-state index contributed by atoms with van der Waals surface area (Å²) in [6, 6.07) is 7.35. The number of hydrogen-bond donors (Lipinski definition) is 1. The molecule has 0 aliphatic heterocycles. The largest absolute Gasteiger partial charge is 0.351 e. The molecule has 1 aromatic carbocycles. The van der Waals surface area contributed by atoms with Crippen molar-refractivity contribution in [3.8, 4) is 0 Å². The third-order valence-electron chi connectivity index (χ3n) is 3.50. The Labute approximate surface area is 135 Å². The molecule has 0 unspecified atom stereocenters. The summed E-state index contributed by atoms with van der Waals surface area (Å²) in [4.78, 5) is 12.1. The lowest BCUT2D eigenvalue weighted by atomic mass is 10.0. The summed E-state index contributed by atoms with van der Waals surface area (Å²) >= 11 is 17.9. The molecule has 1 fully saturated rings. The van der Waals surface area contributed by atoms with Crippen LogP contribution in [0.15, 0.2) is 24.3 Å². The predicted octanol–water partition coefficient (Wildman–Crippen LogP) is 4.96. The molecular formula is C15H20Cl3NO. The standard InChI is InChI=1S/C13H14Cl3NO.C2H6/c1-2-12(8-13(12,15)16)11(18)17-7-9-3-5-10(14)6-4-9;1-2/h3-6H,2,7-8H2,1H3,(H,17,18);1-2H3/t12-;/m0./s1. The Morgan fingerprint density at radius 1 is 1.25 bits per heavy atom. The Balaban J connectivity index is 0.000000956. The van der Waals surface area contributed by atoms with Gasteiger partial charge < -0.3 is 5.32 Å². The normalized spacial score (nSPS) is 22.5. The van der Waals surface area contributed by atoms with Gasteiger partial charge >= 0.3 is 0 Å². The highest BCUT2D eigenvalue weighted by Gasteiger charge is 2.69. The van der Waals surface area contributed by atoms with Crippen molar-refractivity contribution in [2.75, 3.05) is 0 Å². The lowest BCUT2D eigenvalue weighted by Gasteiger charge is -2.15. The quantitative estimate of drug-likeness (QED) is 0.774. The number of amides is 1. The Morgan fingerprint density at radius 2 is 1.75 bits per heavy atom. The van der Waals surface area contributed by atoms with Crippen LogP contribution in [0, 0.1) is 5.41 Å². The van der Waals surface area contributed by atoms with Gasteiger partial charge in [0.25, 0.3) is 0 Å². The molecule has 0 bridgehead atoms. The van der Waals surface area contributed by atoms with Gasteiger partial charge in [0.2, 0.25) is 5.91 Å². The summed E-state index contributed by atoms with van der Waals surface area (Å²) in [6.45, 7) is 6.38. The van der Waals surface area contributed by atoms with Gasteiger partial charge in [-0.3, -0.25) is 4.79 Å². The van der Waals surface area contributed by atoms with E-state index in [9.17, 15) is 4.79 Å². The molecule has 1 aliphatic carbocycles. The Kier molecular flexibility index (Phi) is 6.18. The maximum Gasteiger partial charge on any atom is 0.229 e. The van der Waals surface area contributed by atoms with E-state index < -0.39 is 9.75 Å². The van der Waals surface area contributed by atoms with Crippen LogP contribution < -0.4 is 5.32 Å². The number of alkyl halides is 2. The van der Waals surface area contributed by atoms with Gasteiger partial charge in [0.15, 0.2) is 0 Å². The molecule has 0 aromatic heterocycles. The number of benzene rings is 1. The Morgan fingerprint density at radius 3 is 2.15 bits per heavy atom. The van der Waals surface area contributed by atoms with E-state index in [4.69, 9.17) is 34.8 Å². The minimum atomic E-state index is -0.911. The van der Waals surface area contributed by atoms with E-state index in [0.29, 0.717) is 24.4 Å². The molecule has 2 nitrogen and oxygen atoms in total. The molecule has 20 heavy (non-hydrogen) atoms. The highest BCUT2D eigenvalue weighted by atomic mass is 35.5. The lowest BCUT2D eigenvalue weighted by Crippen LogP contribution is -2.34. The van der Waals surface area contributed by atoms with E-state index in [2.05, 4.69) is 5.32 Å². The summed E-state index contributed by atoms with van der Waals surface area (Å²) in [5, 5.41) is 3.56. The minimum absolute atomic E-state index is 0.0787. The van der Waals surface area contributed by atoms with Crippen LogP contribution in [0.5, 0.6) is 0 Å². The highest BCUT2D eigenvalue weighted by Crippen LogP contribution is 2.66. The van der Waals surface area contributed by atoms with Crippen LogP contribution in [0.3, 0.4) is 0 Å². The van der Waals surface area contributed by atoms with E-state index in [1.54, 1.807) is 12.1 Å². The van der Waals surface area contributed by atoms with E-state index in [-0.39, 0.29) is 5.91 Å². The van der Waals surface area contributed by atoms with Crippen LogP contribution in [-0.2, 0) is 11.3 Å². The molecule has 112 valence electrons. The average Bonchev–Trinajstić information content (AvgIpc) is 3.03. The predicted molar refractivity (Wildman–Crippen MR) is 86.4 cm³/mol. The van der Waals surface area contributed by atoms with Crippen LogP contribution in [0.4, 0.5) is 0 Å². The SMILES string of the molecule is CC.CC[C@@]1(C(=O)NCc2ccc(Cl)cc2)CC1(Cl)Cl. The summed E-state index contributed by atoms with van der Waals surface area (Å²) in [7, 11) is 0. The number of nitrogens with one attached hydrogen (secondary N) is 1. The molecule has 1 atom stereocenters. The molecule has 0 radical (unpaired) electrons. The van der Waals surface area contributed by atoms with Crippen molar-refractivity contribution in [3.63, 3.8) is 0 Å². The second-order valence-electron chi connectivity index (χ2n) is 4.63. The zero-order valence-electron chi connectivity index (χ0n) is 12.0. The third kappa shape index (κ3) is 3.60. The molecule has 2 rings (SSSR count). The van der Waals surface area contributed by atoms with Gasteiger partial charge in [-0.05, 0) is 30.5 Å². The van der Waals surface area contributed by atoms with Gasteiger partial charge in [0, 0.05) is 11.6 Å². The van der Waals surface area contributed by atoms with E-state index in [0.717, 1.165) is 5.56 Å². The maximum absolute atomic E-state index is 12.1. The maximum atomic E-state index is 12.1. The first-order valence-electron chi connectivity index (χ1n) is 6.82. The summed E-state index contributed by atoms with van der Waals surface area (Å²) in [6.07, 6.45) is 1.17. The number of carbonyl (C=O) groups is 1. The van der Waals surface area contributed by atoms with Crippen molar-refractivity contribution < 1.29 is 4.79 Å². The van der Waals surface area contributed by atoms with E-state index in [1.165, 1.54) is 0 Å². The molecule has 0 heterocycles. The van der Waals surface area contributed by atoms with Gasteiger partial charge in [0.05, 0.1) is 5.41 Å². The van der Waals surface area contributed by atoms with Crippen molar-refractivity contribution in [3.05, 3.63) is 34.9 Å². The molecular weight excluding hydrogens is 317 g/mol. The number of hydrogen-bond acceptors (Lipinski definition) is 1. The van der Waals surface area contributed by atoms with Crippen molar-refractivity contribution in [2.45, 2.75) is 44.5 Å². The van der Waals surface area contributed by atoms with Gasteiger partial charge in [-0.15, -0.1) is 23.2 Å². The van der Waals surface area contributed by atoms with Gasteiger partial charge in [-0.25, -0.2) is 0 Å². The van der Waals surface area contributed by atoms with Crippen LogP contribution in [0.1, 0.15) is 39.2 Å². The monoisotopic (exact) mass is 335 g/mol.